The Kier molecular flexibility index (Phi) is 2.93. The zero-order valence-electron chi connectivity index (χ0n) is 9.71. The summed E-state index contributed by atoms with van der Waals surface area (Å²) in [7, 11) is 1.51. The van der Waals surface area contributed by atoms with Gasteiger partial charge in [0.25, 0.3) is 5.91 Å². The average molecular weight is 248 g/mol. The third-order valence-electron chi connectivity index (χ3n) is 2.66. The topological polar surface area (TPSA) is 94.5 Å². The lowest BCUT2D eigenvalue weighted by Gasteiger charge is -2.03. The Morgan fingerprint density at radius 2 is 2.17 bits per heavy atom. The second kappa shape index (κ2) is 4.40. The Hall–Kier alpha value is -2.50. The monoisotopic (exact) mass is 248 g/mol. The first-order valence-corrected chi connectivity index (χ1v) is 5.21. The predicted molar refractivity (Wildman–Crippen MR) is 64.6 cm³/mol. The van der Waals surface area contributed by atoms with Crippen LogP contribution in [0.5, 0.6) is 5.75 Å². The van der Waals surface area contributed by atoms with E-state index in [1.54, 1.807) is 18.2 Å². The van der Waals surface area contributed by atoms with Gasteiger partial charge in [-0.2, -0.15) is 0 Å². The third-order valence-corrected chi connectivity index (χ3v) is 2.66. The van der Waals surface area contributed by atoms with Crippen LogP contribution in [0, 0.1) is 0 Å². The van der Waals surface area contributed by atoms with Gasteiger partial charge in [0, 0.05) is 17.6 Å². The van der Waals surface area contributed by atoms with Crippen molar-refractivity contribution in [1.29, 1.82) is 0 Å². The number of hydrogen-bond donors (Lipinski definition) is 2. The molecule has 0 fully saturated rings. The molecule has 1 aromatic heterocycles. The molecule has 0 atom stereocenters. The second-order valence-corrected chi connectivity index (χ2v) is 3.81. The second-order valence-electron chi connectivity index (χ2n) is 3.81. The van der Waals surface area contributed by atoms with Crippen LogP contribution in [-0.4, -0.2) is 28.7 Å². The van der Waals surface area contributed by atoms with Crippen LogP contribution in [0.2, 0.25) is 0 Å². The lowest BCUT2D eigenvalue weighted by molar-refractivity contribution is -0.137. The van der Waals surface area contributed by atoms with Crippen molar-refractivity contribution in [2.45, 2.75) is 6.54 Å². The molecular formula is C12H12N2O4. The molecule has 0 aliphatic carbocycles. The van der Waals surface area contributed by atoms with Crippen LogP contribution in [0.15, 0.2) is 24.4 Å². The number of carbonyl (C=O) groups excluding carboxylic acids is 1. The van der Waals surface area contributed by atoms with Crippen molar-refractivity contribution in [2.24, 2.45) is 5.73 Å². The van der Waals surface area contributed by atoms with Crippen LogP contribution in [0.25, 0.3) is 10.9 Å². The number of fused-ring (bicyclic) bond motifs is 1. The van der Waals surface area contributed by atoms with E-state index in [0.29, 0.717) is 22.2 Å². The van der Waals surface area contributed by atoms with E-state index in [1.807, 2.05) is 0 Å². The van der Waals surface area contributed by atoms with E-state index < -0.39 is 11.9 Å². The Balaban J connectivity index is 2.68. The van der Waals surface area contributed by atoms with Crippen molar-refractivity contribution < 1.29 is 19.4 Å². The molecule has 0 spiro atoms. The van der Waals surface area contributed by atoms with Gasteiger partial charge in [-0.3, -0.25) is 9.59 Å². The van der Waals surface area contributed by atoms with E-state index in [-0.39, 0.29) is 6.54 Å². The van der Waals surface area contributed by atoms with Gasteiger partial charge in [0.15, 0.2) is 0 Å². The number of nitrogens with two attached hydrogens (primary N) is 1. The summed E-state index contributed by atoms with van der Waals surface area (Å²) in [6.45, 7) is -0.239. The number of hydrogen-bond acceptors (Lipinski definition) is 3. The lowest BCUT2D eigenvalue weighted by atomic mass is 10.1. The molecule has 1 amide bonds. The molecule has 1 heterocycles. The van der Waals surface area contributed by atoms with Gasteiger partial charge < -0.3 is 20.1 Å². The number of ether oxygens (including phenoxy) is 1. The zero-order chi connectivity index (χ0) is 13.3. The quantitative estimate of drug-likeness (QED) is 0.837. The predicted octanol–water partition coefficient (Wildman–Crippen LogP) is 0.833. The largest absolute Gasteiger partial charge is 0.497 e. The minimum Gasteiger partial charge on any atom is -0.497 e. The highest BCUT2D eigenvalue weighted by Gasteiger charge is 2.14. The van der Waals surface area contributed by atoms with Crippen molar-refractivity contribution in [3.8, 4) is 5.75 Å². The van der Waals surface area contributed by atoms with E-state index in [4.69, 9.17) is 15.6 Å². The summed E-state index contributed by atoms with van der Waals surface area (Å²) in [5, 5.41) is 9.45. The molecule has 3 N–H and O–H groups in total. The Morgan fingerprint density at radius 1 is 1.44 bits per heavy atom. The number of primary amides is 1. The lowest BCUT2D eigenvalue weighted by Crippen LogP contribution is -2.11. The summed E-state index contributed by atoms with van der Waals surface area (Å²) in [5.74, 6) is -0.997. The Bertz CT molecular complexity index is 630. The number of carbonyl (C=O) groups is 2. The van der Waals surface area contributed by atoms with Gasteiger partial charge in [-0.25, -0.2) is 0 Å². The van der Waals surface area contributed by atoms with Crippen LogP contribution in [0.3, 0.4) is 0 Å². The SMILES string of the molecule is COc1ccc2c(C(N)=O)cn(CC(=O)O)c2c1. The van der Waals surface area contributed by atoms with E-state index in [9.17, 15) is 9.59 Å². The Morgan fingerprint density at radius 3 is 2.72 bits per heavy atom. The molecule has 2 rings (SSSR count). The van der Waals surface area contributed by atoms with Crippen LogP contribution >= 0.6 is 0 Å². The smallest absolute Gasteiger partial charge is 0.323 e. The fourth-order valence-corrected chi connectivity index (χ4v) is 1.87. The van der Waals surface area contributed by atoms with E-state index in [2.05, 4.69) is 0 Å². The van der Waals surface area contributed by atoms with Crippen LogP contribution in [0.4, 0.5) is 0 Å². The van der Waals surface area contributed by atoms with Crippen molar-refractivity contribution in [2.75, 3.05) is 7.11 Å². The van der Waals surface area contributed by atoms with Gasteiger partial charge in [-0.05, 0) is 12.1 Å². The van der Waals surface area contributed by atoms with Gasteiger partial charge >= 0.3 is 5.97 Å². The highest BCUT2D eigenvalue weighted by atomic mass is 16.5. The fraction of sp³-hybridized carbons (Fsp3) is 0.167. The van der Waals surface area contributed by atoms with Crippen LogP contribution < -0.4 is 10.5 Å². The molecule has 6 heteroatoms. The normalized spacial score (nSPS) is 10.5. The maximum Gasteiger partial charge on any atom is 0.323 e. The highest BCUT2D eigenvalue weighted by molar-refractivity contribution is 6.06. The van der Waals surface area contributed by atoms with Crippen LogP contribution in [-0.2, 0) is 11.3 Å². The van der Waals surface area contributed by atoms with Gasteiger partial charge in [0.05, 0.1) is 18.2 Å². The summed E-state index contributed by atoms with van der Waals surface area (Å²) in [5.41, 5.74) is 6.17. The standard InChI is InChI=1S/C12H12N2O4/c1-18-7-2-3-8-9(12(13)17)5-14(6-11(15)16)10(8)4-7/h2-5H,6H2,1H3,(H2,13,17)(H,15,16). The highest BCUT2D eigenvalue weighted by Crippen LogP contribution is 2.25. The molecule has 1 aromatic carbocycles. The molecule has 0 aliphatic rings. The third kappa shape index (κ3) is 2.00. The summed E-state index contributed by atoms with van der Waals surface area (Å²) in [4.78, 5) is 22.1. The van der Waals surface area contributed by atoms with Crippen molar-refractivity contribution in [3.05, 3.63) is 30.0 Å². The van der Waals surface area contributed by atoms with E-state index >= 15 is 0 Å². The number of carboxylic acids is 1. The number of methoxy groups -OCH3 is 1. The summed E-state index contributed by atoms with van der Waals surface area (Å²) in [6.07, 6.45) is 1.44. The van der Waals surface area contributed by atoms with Crippen molar-refractivity contribution in [1.82, 2.24) is 4.57 Å². The van der Waals surface area contributed by atoms with Gasteiger partial charge in [-0.15, -0.1) is 0 Å². The maximum absolute atomic E-state index is 11.3. The van der Waals surface area contributed by atoms with Gasteiger partial charge in [0.1, 0.15) is 12.3 Å². The number of aliphatic carboxylic acids is 1. The van der Waals surface area contributed by atoms with E-state index in [1.165, 1.54) is 17.9 Å². The number of rotatable bonds is 4. The number of carboxylic acid groups (broad SMARTS) is 1. The number of nitrogens with zero attached hydrogens (tertiary/aromatic N) is 1. The van der Waals surface area contributed by atoms with Crippen molar-refractivity contribution >= 4 is 22.8 Å². The molecule has 0 saturated heterocycles. The first kappa shape index (κ1) is 12.0. The number of amides is 1. The minimum atomic E-state index is -0.995. The van der Waals surface area contributed by atoms with Gasteiger partial charge in [0.2, 0.25) is 0 Å². The number of benzene rings is 1. The molecule has 18 heavy (non-hydrogen) atoms. The molecule has 0 radical (unpaired) electrons. The molecule has 2 aromatic rings. The fourth-order valence-electron chi connectivity index (χ4n) is 1.87. The molecule has 0 aliphatic heterocycles. The summed E-state index contributed by atoms with van der Waals surface area (Å²) in [6, 6.07) is 5.05. The molecule has 0 unspecified atom stereocenters. The van der Waals surface area contributed by atoms with Gasteiger partial charge in [-0.1, -0.05) is 0 Å². The summed E-state index contributed by atoms with van der Waals surface area (Å²) < 4.78 is 6.53. The molecular weight excluding hydrogens is 236 g/mol. The minimum absolute atomic E-state index is 0.239. The van der Waals surface area contributed by atoms with Crippen molar-refractivity contribution in [3.63, 3.8) is 0 Å². The molecule has 0 saturated carbocycles. The van der Waals surface area contributed by atoms with Crippen LogP contribution in [0.1, 0.15) is 10.4 Å². The average Bonchev–Trinajstić information content (AvgIpc) is 2.67. The molecule has 6 nitrogen and oxygen atoms in total. The first-order valence-electron chi connectivity index (χ1n) is 5.21. The van der Waals surface area contributed by atoms with E-state index in [0.717, 1.165) is 0 Å². The molecule has 0 bridgehead atoms. The Labute approximate surface area is 103 Å². The maximum atomic E-state index is 11.3. The number of aromatic nitrogens is 1. The summed E-state index contributed by atoms with van der Waals surface area (Å²) >= 11 is 0. The first-order chi connectivity index (χ1) is 8.52. The zero-order valence-corrected chi connectivity index (χ0v) is 9.71. The molecule has 94 valence electrons.